The molecule has 7 aliphatic rings. The van der Waals surface area contributed by atoms with Crippen LogP contribution in [0.1, 0.15) is 427 Å². The van der Waals surface area contributed by atoms with Gasteiger partial charge in [0, 0.05) is 89.9 Å². The van der Waals surface area contributed by atoms with E-state index in [1.807, 2.05) is 6.92 Å². The molecule has 0 aromatic carbocycles. The van der Waals surface area contributed by atoms with E-state index in [4.69, 9.17) is 33.2 Å². The Morgan fingerprint density at radius 1 is 0.198 bits per heavy atom. The molecule has 7 fully saturated rings. The van der Waals surface area contributed by atoms with E-state index in [1.165, 1.54) is 186 Å². The van der Waals surface area contributed by atoms with Crippen LogP contribution in [0.5, 0.6) is 0 Å². The fourth-order valence-electron chi connectivity index (χ4n) is 14.4. The van der Waals surface area contributed by atoms with E-state index < -0.39 is 42.3 Å². The Hall–Kier alpha value is -7.94. The number of hydrogen-bond acceptors (Lipinski definition) is 21. The van der Waals surface area contributed by atoms with E-state index in [9.17, 15) is 67.1 Å². The first-order valence-corrected chi connectivity index (χ1v) is 49.7. The van der Waals surface area contributed by atoms with Gasteiger partial charge in [-0.2, -0.15) is 0 Å². The number of amides is 7. The highest BCUT2D eigenvalue weighted by atomic mass is 16.6. The molecular formula is C98H171N7O21. The number of allylic oxidation sites excluding steroid dienone is 4. The molecule has 0 aromatic heterocycles. The largest absolute Gasteiger partial charge is 0.464 e. The number of rotatable bonds is 61. The highest BCUT2D eigenvalue weighted by Crippen LogP contribution is 2.18. The lowest BCUT2D eigenvalue weighted by Gasteiger charge is -2.08. The van der Waals surface area contributed by atoms with E-state index in [0.717, 1.165) is 103 Å². The molecule has 7 heterocycles. The summed E-state index contributed by atoms with van der Waals surface area (Å²) in [6.45, 7) is 18.1. The first kappa shape index (κ1) is 116. The van der Waals surface area contributed by atoms with Crippen molar-refractivity contribution in [1.29, 1.82) is 0 Å². The molecule has 7 aliphatic heterocycles. The van der Waals surface area contributed by atoms with Crippen molar-refractivity contribution in [3.63, 3.8) is 0 Å². The van der Waals surface area contributed by atoms with E-state index >= 15 is 0 Å². The Kier molecular flexibility index (Phi) is 75.1. The van der Waals surface area contributed by atoms with Crippen LogP contribution < -0.4 is 37.2 Å². The van der Waals surface area contributed by atoms with Crippen LogP contribution in [0, 0.1) is 0 Å². The molecule has 7 amide bonds. The number of carbonyl (C=O) groups is 14. The number of cyclic esters (lactones) is 7. The molecule has 7 N–H and O–H groups in total. The third-order valence-electron chi connectivity index (χ3n) is 22.2. The van der Waals surface area contributed by atoms with Crippen molar-refractivity contribution in [3.05, 3.63) is 24.3 Å². The summed E-state index contributed by atoms with van der Waals surface area (Å²) in [7, 11) is 0. The molecule has 7 unspecified atom stereocenters. The summed E-state index contributed by atoms with van der Waals surface area (Å²) in [5, 5.41) is 18.9. The fraction of sp³-hybridized carbons (Fsp3) is 0.816. The molecule has 7 rings (SSSR count). The van der Waals surface area contributed by atoms with Gasteiger partial charge >= 0.3 is 41.8 Å². The summed E-state index contributed by atoms with van der Waals surface area (Å²) >= 11 is 0. The zero-order valence-corrected chi connectivity index (χ0v) is 79.1. The van der Waals surface area contributed by atoms with Crippen molar-refractivity contribution < 1.29 is 100 Å². The van der Waals surface area contributed by atoms with Gasteiger partial charge in [0.05, 0.1) is 46.2 Å². The van der Waals surface area contributed by atoms with Crippen molar-refractivity contribution in [2.24, 2.45) is 0 Å². The van der Waals surface area contributed by atoms with Crippen molar-refractivity contribution in [2.45, 2.75) is 470 Å². The van der Waals surface area contributed by atoms with Gasteiger partial charge < -0.3 is 70.4 Å². The smallest absolute Gasteiger partial charge is 0.328 e. The zero-order valence-electron chi connectivity index (χ0n) is 79.1. The van der Waals surface area contributed by atoms with Gasteiger partial charge in [0.1, 0.15) is 42.3 Å². The van der Waals surface area contributed by atoms with E-state index in [1.54, 1.807) is 0 Å². The van der Waals surface area contributed by atoms with Crippen LogP contribution in [0.15, 0.2) is 24.3 Å². The number of carbonyl (C=O) groups excluding carboxylic acids is 14. The van der Waals surface area contributed by atoms with Gasteiger partial charge in [0.25, 0.3) is 0 Å². The van der Waals surface area contributed by atoms with Crippen molar-refractivity contribution in [2.75, 3.05) is 46.2 Å². The van der Waals surface area contributed by atoms with E-state index in [2.05, 4.69) is 103 Å². The molecule has 724 valence electrons. The van der Waals surface area contributed by atoms with Gasteiger partial charge in [-0.05, 0) is 96.3 Å². The molecule has 0 spiro atoms. The number of nitrogens with one attached hydrogen (secondary N) is 7. The van der Waals surface area contributed by atoms with Crippen LogP contribution in [0.3, 0.4) is 0 Å². The average Bonchev–Trinajstić information content (AvgIpc) is 1.82. The molecule has 0 saturated carbocycles. The topological polar surface area (TPSA) is 388 Å². The molecule has 7 saturated heterocycles. The van der Waals surface area contributed by atoms with E-state index in [-0.39, 0.29) is 83.1 Å². The van der Waals surface area contributed by atoms with Crippen molar-refractivity contribution >= 4 is 83.1 Å². The Balaban J connectivity index is 0.000000742. The molecule has 126 heavy (non-hydrogen) atoms. The first-order valence-electron chi connectivity index (χ1n) is 49.7. The standard InChI is InChI=1S/C20H35NO3.C18H31NO3.C16H29NO3.C14H25NO3.C12H21NO3.C10H17NO3.C8H13NO3/c1-2-3-4-5-6-7-8-9-10-11-12-13-14-15-19(22)21-18-16-17-24-20(18)23;1-2-3-4-5-6-7-8-9-10-11-12-13-17(20)19-16-14-15-22-18(16)21;1-2-3-4-5-6-7-8-9-10-11-15(18)17-14-12-13-20-16(14)19;1-2-3-4-5-6-7-8-9-13(16)15-12-10-11-18-14(12)17;1-2-3-4-5-6-7-11(14)13-10-8-9-16-12(10)15;1-2-3-4-5-9(12)11-8-6-7-14-10(8)13;1-2-3-7(10)9-6-4-5-12-8(6)11/h7-8,18H,2-6,9-17H2,1H3,(H,21,22);7-8,16H,2-6,9-15H2,1H3,(H,19,20);14H,2-13H2,1H3,(H,17,18);12H,2-11H2,1H3,(H,15,16);10H,2-9H2,1H3,(H,13,14);8H,2-7H2,1H3,(H,11,12);6H,2-5H2,1H3,(H,9,10)/b2*8-7-;;;;;. The third kappa shape index (κ3) is 65.6. The van der Waals surface area contributed by atoms with Gasteiger partial charge in [-0.3, -0.25) is 33.6 Å². The summed E-state index contributed by atoms with van der Waals surface area (Å²) in [4.78, 5) is 158. The average molecular weight is 1780 g/mol. The predicted molar refractivity (Wildman–Crippen MR) is 491 cm³/mol. The highest BCUT2D eigenvalue weighted by molar-refractivity contribution is 5.89. The molecule has 0 radical (unpaired) electrons. The maximum absolute atomic E-state index is 11.7. The van der Waals surface area contributed by atoms with Crippen LogP contribution in [0.4, 0.5) is 0 Å². The highest BCUT2D eigenvalue weighted by Gasteiger charge is 2.33. The molecule has 0 aromatic rings. The van der Waals surface area contributed by atoms with Crippen LogP contribution in [-0.4, -0.2) is 172 Å². The summed E-state index contributed by atoms with van der Waals surface area (Å²) in [6.07, 6.45) is 70.1. The van der Waals surface area contributed by atoms with Gasteiger partial charge in [-0.25, -0.2) is 33.6 Å². The summed E-state index contributed by atoms with van der Waals surface area (Å²) in [5.74, 6) is -2.28. The Labute approximate surface area is 757 Å². The minimum atomic E-state index is -0.414. The molecule has 0 bridgehead atoms. The Morgan fingerprint density at radius 3 is 0.500 bits per heavy atom. The molecule has 0 aliphatic carbocycles. The van der Waals surface area contributed by atoms with Gasteiger partial charge in [-0.1, -0.05) is 265 Å². The van der Waals surface area contributed by atoms with Gasteiger partial charge in [0.2, 0.25) is 41.4 Å². The second-order valence-corrected chi connectivity index (χ2v) is 33.9. The molecule has 28 nitrogen and oxygen atoms in total. The lowest BCUT2D eigenvalue weighted by molar-refractivity contribution is -0.141. The number of unbranched alkanes of at least 4 members (excludes halogenated alkanes) is 36. The van der Waals surface area contributed by atoms with Crippen molar-refractivity contribution in [1.82, 2.24) is 37.2 Å². The zero-order chi connectivity index (χ0) is 92.5. The quantitative estimate of drug-likeness (QED) is 0.0129. The maximum Gasteiger partial charge on any atom is 0.328 e. The van der Waals surface area contributed by atoms with Gasteiger partial charge in [0.15, 0.2) is 0 Å². The lowest BCUT2D eigenvalue weighted by atomic mass is 10.1. The number of ether oxygens (including phenoxy) is 7. The maximum atomic E-state index is 11.7. The number of esters is 7. The van der Waals surface area contributed by atoms with Crippen LogP contribution in [-0.2, 0) is 100 Å². The summed E-state index contributed by atoms with van der Waals surface area (Å²) in [5.41, 5.74) is 0. The Bertz CT molecular complexity index is 3020. The van der Waals surface area contributed by atoms with Crippen LogP contribution in [0.2, 0.25) is 0 Å². The monoisotopic (exact) mass is 1780 g/mol. The second-order valence-electron chi connectivity index (χ2n) is 33.9. The first-order chi connectivity index (χ1) is 61.2. The molecule has 28 heteroatoms. The minimum absolute atomic E-state index is 0.0169. The summed E-state index contributed by atoms with van der Waals surface area (Å²) < 4.78 is 33.4. The third-order valence-corrected chi connectivity index (χ3v) is 22.2. The van der Waals surface area contributed by atoms with Crippen LogP contribution >= 0.6 is 0 Å². The second kappa shape index (κ2) is 81.5. The number of hydrogen-bond donors (Lipinski definition) is 7. The minimum Gasteiger partial charge on any atom is -0.464 e. The van der Waals surface area contributed by atoms with Crippen LogP contribution in [0.25, 0.3) is 0 Å². The molecule has 7 atom stereocenters. The SMILES string of the molecule is CCCC(=O)NC1CCOC1=O.CCCCCC(=O)NC1CCOC1=O.CCCCCC/C=C\CCCCCC(=O)NC1CCOC1=O.CCCCCC/C=C\CCCCCCCC(=O)NC1CCOC1=O.CCCCCCCC(=O)NC1CCOC1=O.CCCCCCCCCC(=O)NC1CCOC1=O.CCCCCCCCCCCC(=O)NC1CCOC1=O. The normalized spacial score (nSPS) is 18.8. The predicted octanol–water partition coefficient (Wildman–Crippen LogP) is 17.5. The van der Waals surface area contributed by atoms with Gasteiger partial charge in [-0.15, -0.1) is 0 Å². The van der Waals surface area contributed by atoms with E-state index in [0.29, 0.717) is 136 Å². The Morgan fingerprint density at radius 2 is 0.333 bits per heavy atom. The van der Waals surface area contributed by atoms with Crippen molar-refractivity contribution in [3.8, 4) is 0 Å². The summed E-state index contributed by atoms with van der Waals surface area (Å²) in [6, 6.07) is -2.83. The lowest BCUT2D eigenvalue weighted by Crippen LogP contribution is -2.37. The molecular weight excluding hydrogens is 1610 g/mol. The fourth-order valence-corrected chi connectivity index (χ4v) is 14.4.